The van der Waals surface area contributed by atoms with Crippen molar-refractivity contribution in [3.8, 4) is 0 Å². The van der Waals surface area contributed by atoms with Crippen LogP contribution in [0.3, 0.4) is 0 Å². The number of rotatable bonds is 7. The standard InChI is InChI=1S/C12H18N2O4S/c1-8-5-10(19-9(8)2)6-14-12(17)13-3-4-18-7-11(15)16/h5H,3-4,6-7H2,1-2H3,(H,15,16)(H2,13,14,17). The second kappa shape index (κ2) is 7.75. The molecule has 7 heteroatoms. The third kappa shape index (κ3) is 6.21. The third-order valence-electron chi connectivity index (χ3n) is 2.40. The highest BCUT2D eigenvalue weighted by atomic mass is 32.1. The van der Waals surface area contributed by atoms with Crippen molar-refractivity contribution in [1.29, 1.82) is 0 Å². The molecule has 0 fully saturated rings. The molecule has 6 nitrogen and oxygen atoms in total. The minimum Gasteiger partial charge on any atom is -0.480 e. The van der Waals surface area contributed by atoms with E-state index in [1.165, 1.54) is 10.4 Å². The lowest BCUT2D eigenvalue weighted by Crippen LogP contribution is -2.36. The summed E-state index contributed by atoms with van der Waals surface area (Å²) in [5.74, 6) is -1.02. The first-order valence-electron chi connectivity index (χ1n) is 5.86. The molecular weight excluding hydrogens is 268 g/mol. The van der Waals surface area contributed by atoms with Gasteiger partial charge >= 0.3 is 12.0 Å². The van der Waals surface area contributed by atoms with Crippen LogP contribution in [0.25, 0.3) is 0 Å². The van der Waals surface area contributed by atoms with Gasteiger partial charge in [-0.25, -0.2) is 9.59 Å². The Balaban J connectivity index is 2.12. The van der Waals surface area contributed by atoms with Crippen molar-refractivity contribution in [1.82, 2.24) is 10.6 Å². The van der Waals surface area contributed by atoms with Crippen LogP contribution in [0.4, 0.5) is 4.79 Å². The van der Waals surface area contributed by atoms with Crippen molar-refractivity contribution < 1.29 is 19.4 Å². The lowest BCUT2D eigenvalue weighted by Gasteiger charge is -2.06. The Kier molecular flexibility index (Phi) is 6.31. The van der Waals surface area contributed by atoms with Crippen molar-refractivity contribution in [2.75, 3.05) is 19.8 Å². The van der Waals surface area contributed by atoms with Gasteiger partial charge in [0.05, 0.1) is 13.2 Å². The zero-order valence-electron chi connectivity index (χ0n) is 11.0. The summed E-state index contributed by atoms with van der Waals surface area (Å²) in [6.07, 6.45) is 0. The zero-order chi connectivity index (χ0) is 14.3. The van der Waals surface area contributed by atoms with Crippen LogP contribution in [0.5, 0.6) is 0 Å². The number of thiophene rings is 1. The second-order valence-electron chi connectivity index (χ2n) is 4.01. The summed E-state index contributed by atoms with van der Waals surface area (Å²) >= 11 is 1.66. The lowest BCUT2D eigenvalue weighted by molar-refractivity contribution is -0.142. The van der Waals surface area contributed by atoms with E-state index in [2.05, 4.69) is 16.7 Å². The number of carbonyl (C=O) groups excluding carboxylic acids is 1. The molecule has 0 spiro atoms. The summed E-state index contributed by atoms with van der Waals surface area (Å²) in [7, 11) is 0. The van der Waals surface area contributed by atoms with Crippen molar-refractivity contribution in [2.45, 2.75) is 20.4 Å². The third-order valence-corrected chi connectivity index (χ3v) is 3.55. The highest BCUT2D eigenvalue weighted by Crippen LogP contribution is 2.19. The number of amides is 2. The monoisotopic (exact) mass is 286 g/mol. The molecule has 1 rings (SSSR count). The smallest absolute Gasteiger partial charge is 0.329 e. The number of ether oxygens (including phenoxy) is 1. The molecule has 2 amide bonds. The van der Waals surface area contributed by atoms with Crippen molar-refractivity contribution >= 4 is 23.3 Å². The molecule has 0 aromatic carbocycles. The normalized spacial score (nSPS) is 10.2. The molecule has 0 aliphatic heterocycles. The van der Waals surface area contributed by atoms with E-state index >= 15 is 0 Å². The van der Waals surface area contributed by atoms with Gasteiger partial charge in [-0.3, -0.25) is 0 Å². The average Bonchev–Trinajstić information content (AvgIpc) is 2.65. The van der Waals surface area contributed by atoms with Gasteiger partial charge in [-0.1, -0.05) is 0 Å². The van der Waals surface area contributed by atoms with Crippen LogP contribution in [-0.4, -0.2) is 36.9 Å². The Morgan fingerprint density at radius 1 is 1.37 bits per heavy atom. The predicted molar refractivity (Wildman–Crippen MR) is 72.5 cm³/mol. The Labute approximate surface area is 115 Å². The molecule has 106 valence electrons. The molecular formula is C12H18N2O4S. The van der Waals surface area contributed by atoms with Gasteiger partial charge < -0.3 is 20.5 Å². The number of hydrogen-bond acceptors (Lipinski definition) is 4. The van der Waals surface area contributed by atoms with Gasteiger partial charge in [0, 0.05) is 16.3 Å². The van der Waals surface area contributed by atoms with Crippen LogP contribution in [-0.2, 0) is 16.1 Å². The Morgan fingerprint density at radius 3 is 2.68 bits per heavy atom. The van der Waals surface area contributed by atoms with Crippen molar-refractivity contribution in [3.05, 3.63) is 21.4 Å². The van der Waals surface area contributed by atoms with E-state index in [9.17, 15) is 9.59 Å². The average molecular weight is 286 g/mol. The fourth-order valence-electron chi connectivity index (χ4n) is 1.36. The van der Waals surface area contributed by atoms with Crippen LogP contribution in [0, 0.1) is 13.8 Å². The number of carboxylic acids is 1. The van der Waals surface area contributed by atoms with E-state index in [0.29, 0.717) is 6.54 Å². The molecule has 3 N–H and O–H groups in total. The zero-order valence-corrected chi connectivity index (χ0v) is 11.8. The molecule has 19 heavy (non-hydrogen) atoms. The predicted octanol–water partition coefficient (Wildman–Crippen LogP) is 1.27. The molecule has 0 aliphatic rings. The van der Waals surface area contributed by atoms with Crippen LogP contribution in [0.2, 0.25) is 0 Å². The Bertz CT molecular complexity index is 425. The number of hydrogen-bond donors (Lipinski definition) is 3. The summed E-state index contributed by atoms with van der Waals surface area (Å²) in [4.78, 5) is 23.9. The summed E-state index contributed by atoms with van der Waals surface area (Å²) < 4.78 is 4.79. The minimum absolute atomic E-state index is 0.178. The molecule has 1 aromatic heterocycles. The largest absolute Gasteiger partial charge is 0.480 e. The fourth-order valence-corrected chi connectivity index (χ4v) is 2.36. The van der Waals surface area contributed by atoms with Crippen molar-refractivity contribution in [3.63, 3.8) is 0 Å². The summed E-state index contributed by atoms with van der Waals surface area (Å²) in [5, 5.41) is 13.6. The number of aliphatic carboxylic acids is 1. The van der Waals surface area contributed by atoms with Crippen LogP contribution < -0.4 is 10.6 Å². The molecule has 1 heterocycles. The Morgan fingerprint density at radius 2 is 2.11 bits per heavy atom. The summed E-state index contributed by atoms with van der Waals surface area (Å²) in [6.45, 7) is 4.68. The molecule has 0 saturated carbocycles. The lowest BCUT2D eigenvalue weighted by atomic mass is 10.3. The van der Waals surface area contributed by atoms with E-state index in [1.807, 2.05) is 13.8 Å². The van der Waals surface area contributed by atoms with E-state index in [0.717, 1.165) is 4.88 Å². The maximum atomic E-state index is 11.4. The van der Waals surface area contributed by atoms with Crippen LogP contribution >= 0.6 is 11.3 Å². The maximum Gasteiger partial charge on any atom is 0.329 e. The second-order valence-corrected chi connectivity index (χ2v) is 5.35. The van der Waals surface area contributed by atoms with E-state index in [-0.39, 0.29) is 25.8 Å². The highest BCUT2D eigenvalue weighted by Gasteiger charge is 2.04. The fraction of sp³-hybridized carbons (Fsp3) is 0.500. The van der Waals surface area contributed by atoms with Gasteiger partial charge in [0.2, 0.25) is 0 Å². The van der Waals surface area contributed by atoms with Gasteiger partial charge in [0.1, 0.15) is 6.61 Å². The number of urea groups is 1. The molecule has 0 bridgehead atoms. The number of nitrogens with one attached hydrogen (secondary N) is 2. The number of carbonyl (C=O) groups is 2. The number of aryl methyl sites for hydroxylation is 2. The highest BCUT2D eigenvalue weighted by molar-refractivity contribution is 7.12. The molecule has 0 saturated heterocycles. The molecule has 0 radical (unpaired) electrons. The van der Waals surface area contributed by atoms with Gasteiger partial charge in [-0.2, -0.15) is 0 Å². The quantitative estimate of drug-likeness (QED) is 0.659. The molecule has 0 unspecified atom stereocenters. The molecule has 0 aliphatic carbocycles. The van der Waals surface area contributed by atoms with Crippen molar-refractivity contribution in [2.24, 2.45) is 0 Å². The van der Waals surface area contributed by atoms with Gasteiger partial charge in [0.15, 0.2) is 0 Å². The summed E-state index contributed by atoms with van der Waals surface area (Å²) in [6, 6.07) is 1.76. The van der Waals surface area contributed by atoms with Gasteiger partial charge in [-0.05, 0) is 25.5 Å². The minimum atomic E-state index is -1.02. The SMILES string of the molecule is Cc1cc(CNC(=O)NCCOCC(=O)O)sc1C. The summed E-state index contributed by atoms with van der Waals surface area (Å²) in [5.41, 5.74) is 1.23. The number of carboxylic acid groups (broad SMARTS) is 1. The van der Waals surface area contributed by atoms with Crippen LogP contribution in [0.1, 0.15) is 15.3 Å². The van der Waals surface area contributed by atoms with E-state index in [1.54, 1.807) is 11.3 Å². The maximum absolute atomic E-state index is 11.4. The van der Waals surface area contributed by atoms with Crippen LogP contribution in [0.15, 0.2) is 6.07 Å². The van der Waals surface area contributed by atoms with Gasteiger partial charge in [0.25, 0.3) is 0 Å². The van der Waals surface area contributed by atoms with E-state index < -0.39 is 5.97 Å². The first kappa shape index (κ1) is 15.5. The Hall–Kier alpha value is -1.60. The molecule has 1 aromatic rings. The topological polar surface area (TPSA) is 87.7 Å². The van der Waals surface area contributed by atoms with Gasteiger partial charge in [-0.15, -0.1) is 11.3 Å². The first-order valence-corrected chi connectivity index (χ1v) is 6.68. The first-order chi connectivity index (χ1) is 8.99. The molecule has 0 atom stereocenters. The van der Waals surface area contributed by atoms with E-state index in [4.69, 9.17) is 9.84 Å².